The average molecular weight is 930 g/mol. The molecule has 0 aromatic carbocycles. The summed E-state index contributed by atoms with van der Waals surface area (Å²) in [6, 6.07) is -0.726. The van der Waals surface area contributed by atoms with Gasteiger partial charge in [-0.25, -0.2) is 0 Å². The summed E-state index contributed by atoms with van der Waals surface area (Å²) in [4.78, 5) is 37.1. The summed E-state index contributed by atoms with van der Waals surface area (Å²) >= 11 is 0. The van der Waals surface area contributed by atoms with Crippen molar-refractivity contribution in [2.45, 2.75) is 276 Å². The number of ether oxygens (including phenoxy) is 3. The fraction of sp³-hybridized carbons (Fsp3) is 0.845. The fourth-order valence-electron chi connectivity index (χ4n) is 8.43. The van der Waals surface area contributed by atoms with Gasteiger partial charge in [-0.05, 0) is 51.4 Å². The van der Waals surface area contributed by atoms with Gasteiger partial charge in [-0.1, -0.05) is 230 Å². The predicted molar refractivity (Wildman–Crippen MR) is 277 cm³/mol. The Kier molecular flexibility index (Phi) is 47.2. The van der Waals surface area contributed by atoms with Crippen molar-refractivity contribution in [2.75, 3.05) is 41.0 Å². The van der Waals surface area contributed by atoms with Gasteiger partial charge in [0.2, 0.25) is 0 Å². The van der Waals surface area contributed by atoms with Crippen LogP contribution in [0.2, 0.25) is 0 Å². The molecular weight excluding hydrogens is 823 g/mol. The number of carboxylic acids is 1. The van der Waals surface area contributed by atoms with Crippen LogP contribution in [0.4, 0.5) is 0 Å². The molecule has 66 heavy (non-hydrogen) atoms. The van der Waals surface area contributed by atoms with Gasteiger partial charge in [-0.2, -0.15) is 0 Å². The van der Waals surface area contributed by atoms with Crippen LogP contribution in [0.3, 0.4) is 0 Å². The molecule has 0 aliphatic heterocycles. The Hall–Kier alpha value is -2.45. The molecule has 2 unspecified atom stereocenters. The fourth-order valence-corrected chi connectivity index (χ4v) is 8.43. The van der Waals surface area contributed by atoms with Crippen LogP contribution in [0.5, 0.6) is 0 Å². The molecule has 0 saturated carbocycles. The van der Waals surface area contributed by atoms with Crippen molar-refractivity contribution in [1.82, 2.24) is 0 Å². The van der Waals surface area contributed by atoms with E-state index in [0.717, 1.165) is 57.8 Å². The monoisotopic (exact) mass is 930 g/mol. The van der Waals surface area contributed by atoms with E-state index in [0.29, 0.717) is 12.8 Å². The molecule has 0 heterocycles. The Labute approximate surface area is 408 Å². The third-order valence-electron chi connectivity index (χ3n) is 12.8. The van der Waals surface area contributed by atoms with E-state index in [-0.39, 0.29) is 42.7 Å². The number of carbonyl (C=O) groups is 3. The van der Waals surface area contributed by atoms with Gasteiger partial charge >= 0.3 is 11.9 Å². The predicted octanol–water partition coefficient (Wildman–Crippen LogP) is 15.2. The third kappa shape index (κ3) is 46.7. The first-order valence-electron chi connectivity index (χ1n) is 28.0. The summed E-state index contributed by atoms with van der Waals surface area (Å²) in [6.45, 7) is 4.68. The van der Waals surface area contributed by atoms with Gasteiger partial charge in [-0.3, -0.25) is 9.59 Å². The zero-order valence-electron chi connectivity index (χ0n) is 44.1. The van der Waals surface area contributed by atoms with Crippen molar-refractivity contribution in [3.8, 4) is 0 Å². The van der Waals surface area contributed by atoms with Crippen LogP contribution >= 0.6 is 0 Å². The van der Waals surface area contributed by atoms with E-state index < -0.39 is 18.1 Å². The largest absolute Gasteiger partial charge is 0.544 e. The summed E-state index contributed by atoms with van der Waals surface area (Å²) in [7, 11) is 5.43. The molecular formula is C58H107NO7. The van der Waals surface area contributed by atoms with E-state index in [9.17, 15) is 19.5 Å². The molecule has 0 aliphatic rings. The molecule has 0 aromatic heterocycles. The van der Waals surface area contributed by atoms with Crippen molar-refractivity contribution in [2.24, 2.45) is 0 Å². The number of esters is 2. The minimum Gasteiger partial charge on any atom is -0.544 e. The third-order valence-corrected chi connectivity index (χ3v) is 12.8. The maximum atomic E-state index is 12.8. The summed E-state index contributed by atoms with van der Waals surface area (Å²) in [5.41, 5.74) is 0. The van der Waals surface area contributed by atoms with Crippen LogP contribution < -0.4 is 5.11 Å². The average Bonchev–Trinajstić information content (AvgIpc) is 3.28. The van der Waals surface area contributed by atoms with Crippen molar-refractivity contribution in [3.63, 3.8) is 0 Å². The van der Waals surface area contributed by atoms with Crippen LogP contribution in [0.25, 0.3) is 0 Å². The second-order valence-corrected chi connectivity index (χ2v) is 20.2. The van der Waals surface area contributed by atoms with E-state index in [1.165, 1.54) is 173 Å². The lowest BCUT2D eigenvalue weighted by atomic mass is 10.0. The zero-order valence-corrected chi connectivity index (χ0v) is 44.1. The van der Waals surface area contributed by atoms with Gasteiger partial charge in [0.1, 0.15) is 12.6 Å². The molecule has 0 N–H and O–H groups in total. The molecule has 0 saturated heterocycles. The van der Waals surface area contributed by atoms with Gasteiger partial charge in [0.15, 0.2) is 6.10 Å². The van der Waals surface area contributed by atoms with Gasteiger partial charge < -0.3 is 28.6 Å². The van der Waals surface area contributed by atoms with Gasteiger partial charge in [0.05, 0.1) is 40.3 Å². The maximum absolute atomic E-state index is 12.8. The van der Waals surface area contributed by atoms with E-state index >= 15 is 0 Å². The lowest BCUT2D eigenvalue weighted by Crippen LogP contribution is -2.55. The van der Waals surface area contributed by atoms with Crippen molar-refractivity contribution in [1.29, 1.82) is 0 Å². The molecule has 2 atom stereocenters. The topological polar surface area (TPSA) is 102 Å². The first kappa shape index (κ1) is 63.5. The molecule has 8 heteroatoms. The molecule has 0 bridgehead atoms. The van der Waals surface area contributed by atoms with E-state index in [4.69, 9.17) is 14.2 Å². The van der Waals surface area contributed by atoms with Gasteiger partial charge in [0.25, 0.3) is 0 Å². The van der Waals surface area contributed by atoms with Crippen LogP contribution in [0.1, 0.15) is 264 Å². The van der Waals surface area contributed by atoms with Crippen LogP contribution in [-0.2, 0) is 28.6 Å². The lowest BCUT2D eigenvalue weighted by Gasteiger charge is -2.34. The number of quaternary nitrogens is 1. The number of allylic oxidation sites excluding steroid dienone is 6. The summed E-state index contributed by atoms with van der Waals surface area (Å²) in [5, 5.41) is 11.7. The number of nitrogens with zero attached hydrogens (tertiary/aromatic N) is 1. The van der Waals surface area contributed by atoms with Crippen LogP contribution in [-0.4, -0.2) is 75.5 Å². The molecule has 0 aromatic rings. The highest BCUT2D eigenvalue weighted by atomic mass is 16.6. The normalized spacial score (nSPS) is 13.0. The first-order chi connectivity index (χ1) is 32.1. The standard InChI is InChI=1S/C58H107NO7/c1-6-8-10-12-14-16-18-20-22-24-26-28-29-31-33-35-37-39-41-43-45-47-49-57(61)66-54(52-64-51-50-55(58(62)63)59(3,4)5)53-65-56(60)48-46-44-42-40-38-36-34-32-30-27-25-23-21-19-17-15-13-11-9-7-2/h14,16,20,22,26,28,54-55H,6-13,15,17-19,21,23-25,27,29-53H2,1-5H3/b16-14+,22-20+,28-26+. The molecule has 0 fully saturated rings. The molecule has 386 valence electrons. The molecule has 8 nitrogen and oxygen atoms in total. The number of carbonyl (C=O) groups excluding carboxylic acids is 3. The number of carboxylic acid groups (broad SMARTS) is 1. The van der Waals surface area contributed by atoms with E-state index in [1.807, 2.05) is 21.1 Å². The molecule has 0 spiro atoms. The maximum Gasteiger partial charge on any atom is 0.306 e. The minimum absolute atomic E-state index is 0.0419. The summed E-state index contributed by atoms with van der Waals surface area (Å²) in [6.07, 6.45) is 58.9. The molecule has 0 aliphatic carbocycles. The second-order valence-electron chi connectivity index (χ2n) is 20.2. The minimum atomic E-state index is -1.12. The SMILES string of the molecule is CCCCC/C=C/C/C=C/C/C=C/CCCCCCCCCCCC(=O)OC(COCCC(C(=O)[O-])[N+](C)(C)C)COC(=O)CCCCCCCCCCCCCCCCCCCCCC. The Bertz CT molecular complexity index is 1170. The van der Waals surface area contributed by atoms with Crippen molar-refractivity contribution < 1.29 is 38.2 Å². The number of hydrogen-bond donors (Lipinski definition) is 0. The van der Waals surface area contributed by atoms with E-state index in [1.54, 1.807) is 0 Å². The Morgan fingerprint density at radius 1 is 0.455 bits per heavy atom. The highest BCUT2D eigenvalue weighted by Crippen LogP contribution is 2.17. The summed E-state index contributed by atoms with van der Waals surface area (Å²) < 4.78 is 17.3. The highest BCUT2D eigenvalue weighted by Gasteiger charge is 2.25. The quantitative estimate of drug-likeness (QED) is 0.0259. The number of aliphatic carboxylic acids is 1. The summed E-state index contributed by atoms with van der Waals surface area (Å²) in [5.74, 6) is -1.72. The Morgan fingerprint density at radius 2 is 0.803 bits per heavy atom. The van der Waals surface area contributed by atoms with Crippen LogP contribution in [0.15, 0.2) is 36.5 Å². The van der Waals surface area contributed by atoms with Crippen LogP contribution in [0, 0.1) is 0 Å². The number of likely N-dealkylation sites (N-methyl/N-ethyl adjacent to an activating group) is 1. The van der Waals surface area contributed by atoms with E-state index in [2.05, 4.69) is 50.3 Å². The molecule has 0 amide bonds. The molecule has 0 rings (SSSR count). The lowest BCUT2D eigenvalue weighted by molar-refractivity contribution is -0.889. The van der Waals surface area contributed by atoms with Crippen molar-refractivity contribution >= 4 is 17.9 Å². The highest BCUT2D eigenvalue weighted by molar-refractivity contribution is 5.70. The second kappa shape index (κ2) is 49.0. The number of unbranched alkanes of at least 4 members (excludes halogenated alkanes) is 31. The van der Waals surface area contributed by atoms with Gasteiger partial charge in [-0.15, -0.1) is 0 Å². The Morgan fingerprint density at radius 3 is 1.21 bits per heavy atom. The Balaban J connectivity index is 4.18. The molecule has 0 radical (unpaired) electrons. The number of hydrogen-bond acceptors (Lipinski definition) is 7. The zero-order chi connectivity index (χ0) is 48.4. The smallest absolute Gasteiger partial charge is 0.306 e. The van der Waals surface area contributed by atoms with Gasteiger partial charge in [0, 0.05) is 19.3 Å². The van der Waals surface area contributed by atoms with Crippen molar-refractivity contribution in [3.05, 3.63) is 36.5 Å². The first-order valence-corrected chi connectivity index (χ1v) is 28.0. The number of rotatable bonds is 51.